The van der Waals surface area contributed by atoms with Crippen molar-refractivity contribution in [2.24, 2.45) is 0 Å². The summed E-state index contributed by atoms with van der Waals surface area (Å²) in [5, 5.41) is 5.34. The van der Waals surface area contributed by atoms with Gasteiger partial charge in [0.15, 0.2) is 5.82 Å². The maximum absolute atomic E-state index is 5.92. The quantitative estimate of drug-likeness (QED) is 0.666. The number of benzene rings is 2. The standard InChI is InChI=1S/C24H27N5O2/c1-18-15-20(28-10-13-30-14-11-28)7-8-21(18)27-23-16-24(26-17-25-23)29-22(9-12-31-29)19-5-3-2-4-6-19/h2-8,15-17,22H,9-14H2,1H3,(H,25,26,27). The summed E-state index contributed by atoms with van der Waals surface area (Å²) in [7, 11) is 0. The van der Waals surface area contributed by atoms with Gasteiger partial charge in [-0.2, -0.15) is 0 Å². The molecule has 3 aromatic rings. The SMILES string of the molecule is Cc1cc(N2CCOCC2)ccc1Nc1cc(N2OCCC2c2ccccc2)ncn1. The van der Waals surface area contributed by atoms with Crippen LogP contribution in [0.15, 0.2) is 60.9 Å². The lowest BCUT2D eigenvalue weighted by Gasteiger charge is -2.29. The van der Waals surface area contributed by atoms with E-state index in [-0.39, 0.29) is 6.04 Å². The second-order valence-corrected chi connectivity index (χ2v) is 7.86. The third-order valence-electron chi connectivity index (χ3n) is 5.82. The molecule has 1 atom stereocenters. The average molecular weight is 418 g/mol. The molecule has 0 spiro atoms. The van der Waals surface area contributed by atoms with E-state index in [1.807, 2.05) is 17.2 Å². The van der Waals surface area contributed by atoms with Crippen LogP contribution in [0.5, 0.6) is 0 Å². The number of morpholine rings is 1. The van der Waals surface area contributed by atoms with Gasteiger partial charge in [0.2, 0.25) is 0 Å². The van der Waals surface area contributed by atoms with Crippen molar-refractivity contribution < 1.29 is 9.57 Å². The van der Waals surface area contributed by atoms with Crippen LogP contribution in [0.4, 0.5) is 23.0 Å². The molecule has 1 unspecified atom stereocenters. The number of hydroxylamine groups is 1. The van der Waals surface area contributed by atoms with Crippen LogP contribution >= 0.6 is 0 Å². The minimum atomic E-state index is 0.151. The first kappa shape index (κ1) is 19.8. The molecule has 2 aliphatic rings. The molecule has 0 aliphatic carbocycles. The molecule has 2 aliphatic heterocycles. The number of nitrogens with one attached hydrogen (secondary N) is 1. The summed E-state index contributed by atoms with van der Waals surface area (Å²) in [5.74, 6) is 1.50. The Kier molecular flexibility index (Phi) is 5.69. The van der Waals surface area contributed by atoms with E-state index in [2.05, 4.69) is 69.6 Å². The molecule has 2 aromatic carbocycles. The number of hydrogen-bond acceptors (Lipinski definition) is 7. The Bertz CT molecular complexity index is 1020. The highest BCUT2D eigenvalue weighted by molar-refractivity contribution is 5.66. The van der Waals surface area contributed by atoms with Gasteiger partial charge in [-0.05, 0) is 36.2 Å². The first-order valence-corrected chi connectivity index (χ1v) is 10.8. The third-order valence-corrected chi connectivity index (χ3v) is 5.82. The van der Waals surface area contributed by atoms with E-state index in [0.29, 0.717) is 6.61 Å². The number of hydrogen-bond donors (Lipinski definition) is 1. The van der Waals surface area contributed by atoms with Gasteiger partial charge in [-0.3, -0.25) is 4.84 Å². The molecule has 3 heterocycles. The van der Waals surface area contributed by atoms with Crippen molar-refractivity contribution in [3.05, 3.63) is 72.1 Å². The molecule has 7 nitrogen and oxygen atoms in total. The molecule has 160 valence electrons. The molecule has 1 aromatic heterocycles. The molecule has 0 saturated carbocycles. The minimum absolute atomic E-state index is 0.151. The van der Waals surface area contributed by atoms with Gasteiger partial charge in [-0.25, -0.2) is 15.0 Å². The molecule has 0 bridgehead atoms. The zero-order chi connectivity index (χ0) is 21.0. The van der Waals surface area contributed by atoms with Crippen molar-refractivity contribution in [2.45, 2.75) is 19.4 Å². The number of aromatic nitrogens is 2. The monoisotopic (exact) mass is 417 g/mol. The normalized spacial score (nSPS) is 18.9. The molecule has 31 heavy (non-hydrogen) atoms. The first-order valence-electron chi connectivity index (χ1n) is 10.8. The maximum atomic E-state index is 5.92. The molecular formula is C24H27N5O2. The Morgan fingerprint density at radius 1 is 0.968 bits per heavy atom. The van der Waals surface area contributed by atoms with Crippen molar-refractivity contribution in [3.8, 4) is 0 Å². The predicted octanol–water partition coefficient (Wildman–Crippen LogP) is 4.25. The van der Waals surface area contributed by atoms with E-state index >= 15 is 0 Å². The second kappa shape index (κ2) is 8.91. The Labute approximate surface area is 182 Å². The van der Waals surface area contributed by atoms with Gasteiger partial charge in [-0.1, -0.05) is 30.3 Å². The molecule has 0 radical (unpaired) electrons. The molecular weight excluding hydrogens is 390 g/mol. The van der Waals surface area contributed by atoms with Gasteiger partial charge in [0.1, 0.15) is 12.1 Å². The topological polar surface area (TPSA) is 62.8 Å². The van der Waals surface area contributed by atoms with Gasteiger partial charge in [-0.15, -0.1) is 0 Å². The minimum Gasteiger partial charge on any atom is -0.378 e. The van der Waals surface area contributed by atoms with Crippen LogP contribution in [0.3, 0.4) is 0 Å². The number of ether oxygens (including phenoxy) is 1. The molecule has 7 heteroatoms. The van der Waals surface area contributed by atoms with Gasteiger partial charge in [0.25, 0.3) is 0 Å². The van der Waals surface area contributed by atoms with Gasteiger partial charge in [0.05, 0.1) is 25.9 Å². The molecule has 2 saturated heterocycles. The van der Waals surface area contributed by atoms with E-state index in [1.54, 1.807) is 6.33 Å². The van der Waals surface area contributed by atoms with Gasteiger partial charge in [0, 0.05) is 37.0 Å². The summed E-state index contributed by atoms with van der Waals surface area (Å²) in [6.07, 6.45) is 2.51. The van der Waals surface area contributed by atoms with Crippen LogP contribution in [0.25, 0.3) is 0 Å². The van der Waals surface area contributed by atoms with E-state index < -0.39 is 0 Å². The lowest BCUT2D eigenvalue weighted by Crippen LogP contribution is -2.36. The fraction of sp³-hybridized carbons (Fsp3) is 0.333. The Balaban J connectivity index is 1.34. The summed E-state index contributed by atoms with van der Waals surface area (Å²) in [6.45, 7) is 6.22. The summed E-state index contributed by atoms with van der Waals surface area (Å²) in [4.78, 5) is 17.2. The fourth-order valence-electron chi connectivity index (χ4n) is 4.15. The van der Waals surface area contributed by atoms with Crippen LogP contribution in [-0.4, -0.2) is 42.9 Å². The van der Waals surface area contributed by atoms with Crippen LogP contribution in [0, 0.1) is 6.92 Å². The Morgan fingerprint density at radius 2 is 1.81 bits per heavy atom. The lowest BCUT2D eigenvalue weighted by atomic mass is 10.0. The van der Waals surface area contributed by atoms with Crippen LogP contribution in [0.2, 0.25) is 0 Å². The van der Waals surface area contributed by atoms with Crippen molar-refractivity contribution >= 4 is 23.0 Å². The molecule has 1 N–H and O–H groups in total. The highest BCUT2D eigenvalue weighted by Gasteiger charge is 2.29. The van der Waals surface area contributed by atoms with Gasteiger partial charge < -0.3 is 15.0 Å². The van der Waals surface area contributed by atoms with Crippen molar-refractivity contribution in [1.82, 2.24) is 9.97 Å². The van der Waals surface area contributed by atoms with Crippen molar-refractivity contribution in [2.75, 3.05) is 48.2 Å². The fourth-order valence-corrected chi connectivity index (χ4v) is 4.15. The zero-order valence-electron chi connectivity index (χ0n) is 17.7. The molecule has 5 rings (SSSR count). The number of anilines is 4. The smallest absolute Gasteiger partial charge is 0.158 e. The first-order chi connectivity index (χ1) is 15.3. The Morgan fingerprint density at radius 3 is 2.61 bits per heavy atom. The summed E-state index contributed by atoms with van der Waals surface area (Å²) in [6, 6.07) is 19.0. The summed E-state index contributed by atoms with van der Waals surface area (Å²) in [5.41, 5.74) is 4.65. The number of rotatable bonds is 5. The maximum Gasteiger partial charge on any atom is 0.158 e. The summed E-state index contributed by atoms with van der Waals surface area (Å²) >= 11 is 0. The van der Waals surface area contributed by atoms with E-state index in [4.69, 9.17) is 9.57 Å². The highest BCUT2D eigenvalue weighted by Crippen LogP contribution is 2.34. The van der Waals surface area contributed by atoms with Crippen molar-refractivity contribution in [1.29, 1.82) is 0 Å². The van der Waals surface area contributed by atoms with Crippen molar-refractivity contribution in [3.63, 3.8) is 0 Å². The zero-order valence-corrected chi connectivity index (χ0v) is 17.7. The Hall–Kier alpha value is -3.16. The second-order valence-electron chi connectivity index (χ2n) is 7.86. The number of nitrogens with zero attached hydrogens (tertiary/aromatic N) is 4. The lowest BCUT2D eigenvalue weighted by molar-refractivity contribution is 0.122. The average Bonchev–Trinajstić information content (AvgIpc) is 3.32. The molecule has 2 fully saturated rings. The number of aryl methyl sites for hydroxylation is 1. The van der Waals surface area contributed by atoms with E-state index in [0.717, 1.165) is 50.0 Å². The predicted molar refractivity (Wildman–Crippen MR) is 122 cm³/mol. The highest BCUT2D eigenvalue weighted by atomic mass is 16.7. The van der Waals surface area contributed by atoms with Crippen LogP contribution in [0.1, 0.15) is 23.6 Å². The van der Waals surface area contributed by atoms with E-state index in [1.165, 1.54) is 16.8 Å². The van der Waals surface area contributed by atoms with E-state index in [9.17, 15) is 0 Å². The third kappa shape index (κ3) is 4.33. The largest absolute Gasteiger partial charge is 0.378 e. The summed E-state index contributed by atoms with van der Waals surface area (Å²) < 4.78 is 5.46. The molecule has 0 amide bonds. The van der Waals surface area contributed by atoms with Gasteiger partial charge >= 0.3 is 0 Å². The van der Waals surface area contributed by atoms with Crippen LogP contribution < -0.4 is 15.3 Å². The van der Waals surface area contributed by atoms with Crippen LogP contribution in [-0.2, 0) is 9.57 Å².